The lowest BCUT2D eigenvalue weighted by molar-refractivity contribution is -0.130. The van der Waals surface area contributed by atoms with Gasteiger partial charge in [-0.3, -0.25) is 19.1 Å². The fraction of sp³-hybridized carbons (Fsp3) is 0.303. The summed E-state index contributed by atoms with van der Waals surface area (Å²) >= 11 is 12.2. The maximum absolute atomic E-state index is 15.4. The van der Waals surface area contributed by atoms with Gasteiger partial charge in [0.1, 0.15) is 22.3 Å². The summed E-state index contributed by atoms with van der Waals surface area (Å²) in [5.41, 5.74) is -1.49. The van der Waals surface area contributed by atoms with E-state index in [1.807, 2.05) is 33.8 Å². The molecule has 2 atom stereocenters. The molecule has 0 bridgehead atoms. The second kappa shape index (κ2) is 12.5. The van der Waals surface area contributed by atoms with Gasteiger partial charge in [-0.15, -0.1) is 0 Å². The summed E-state index contributed by atoms with van der Waals surface area (Å²) in [6.07, 6.45) is 2.77. The minimum atomic E-state index is -1.76. The number of pyridine rings is 3. The molecular formula is C33H29Cl2F3N6O3. The molecule has 1 amide bonds. The summed E-state index contributed by atoms with van der Waals surface area (Å²) in [7, 11) is 0. The van der Waals surface area contributed by atoms with Crippen molar-refractivity contribution in [3.05, 3.63) is 85.7 Å². The summed E-state index contributed by atoms with van der Waals surface area (Å²) in [6.45, 7) is 13.0. The third-order valence-corrected chi connectivity index (χ3v) is 8.89. The summed E-state index contributed by atoms with van der Waals surface area (Å²) in [5.74, 6) is -6.95. The highest BCUT2D eigenvalue weighted by Crippen LogP contribution is 2.43. The normalized spacial score (nSPS) is 16.6. The van der Waals surface area contributed by atoms with Crippen LogP contribution in [0.5, 0.6) is 5.75 Å². The van der Waals surface area contributed by atoms with Crippen LogP contribution in [0.25, 0.3) is 28.0 Å². The molecule has 4 aromatic rings. The van der Waals surface area contributed by atoms with Crippen LogP contribution in [0.4, 0.5) is 18.9 Å². The maximum atomic E-state index is 15.4. The Morgan fingerprint density at radius 3 is 2.36 bits per heavy atom. The first-order valence-corrected chi connectivity index (χ1v) is 15.3. The lowest BCUT2D eigenvalue weighted by atomic mass is 10.0. The molecule has 0 saturated carbocycles. The third kappa shape index (κ3) is 5.37. The molecule has 0 radical (unpaired) electrons. The topological polar surface area (TPSA) is 115 Å². The number of carbonyl (C=O) groups is 1. The minimum Gasteiger partial charge on any atom is -0.504 e. The number of rotatable bonds is 5. The van der Waals surface area contributed by atoms with Crippen molar-refractivity contribution in [3.8, 4) is 28.8 Å². The fourth-order valence-electron chi connectivity index (χ4n) is 6.24. The number of aromatic hydroxyl groups is 1. The molecule has 1 aromatic carbocycles. The zero-order chi connectivity index (χ0) is 34.6. The number of anilines is 1. The van der Waals surface area contributed by atoms with Crippen LogP contribution in [-0.2, 0) is 4.79 Å². The highest BCUT2D eigenvalue weighted by molar-refractivity contribution is 6.34. The molecule has 1 N–H and O–H groups in total. The van der Waals surface area contributed by atoms with Crippen molar-refractivity contribution in [2.45, 2.75) is 52.6 Å². The molecule has 9 nitrogen and oxygen atoms in total. The number of halogens is 5. The van der Waals surface area contributed by atoms with Crippen LogP contribution in [0.2, 0.25) is 10.0 Å². The number of phenolic OH excluding ortho intramolecular Hbond substituents is 1. The number of carbonyl (C=O) groups excluding carboxylic acids is 1. The number of phenols is 1. The third-order valence-electron chi connectivity index (χ3n) is 8.25. The zero-order valence-electron chi connectivity index (χ0n) is 26.0. The van der Waals surface area contributed by atoms with E-state index in [2.05, 4.69) is 16.5 Å². The van der Waals surface area contributed by atoms with Gasteiger partial charge in [0.25, 0.3) is 5.56 Å². The van der Waals surface area contributed by atoms with Crippen LogP contribution in [0.3, 0.4) is 0 Å². The number of fused-ring (bicyclic) bond motifs is 1. The quantitative estimate of drug-likeness (QED) is 0.140. The van der Waals surface area contributed by atoms with Gasteiger partial charge in [0.15, 0.2) is 23.2 Å². The molecular weight excluding hydrogens is 656 g/mol. The molecule has 0 aliphatic carbocycles. The number of hydrogen-bond donors (Lipinski definition) is 1. The van der Waals surface area contributed by atoms with Gasteiger partial charge in [0.05, 0.1) is 33.3 Å². The Bertz CT molecular complexity index is 2050. The Kier molecular flexibility index (Phi) is 9.01. The van der Waals surface area contributed by atoms with Crippen LogP contribution in [0, 0.1) is 35.7 Å². The summed E-state index contributed by atoms with van der Waals surface area (Å²) in [6, 6.07) is 4.20. The Hall–Kier alpha value is -4.60. The molecule has 47 heavy (non-hydrogen) atoms. The monoisotopic (exact) mass is 684 g/mol. The van der Waals surface area contributed by atoms with Crippen LogP contribution in [0.15, 0.2) is 35.8 Å². The second-order valence-corrected chi connectivity index (χ2v) is 12.5. The number of aryl methyl sites for hydroxylation is 1. The molecule has 5 rings (SSSR count). The Balaban J connectivity index is 1.95. The SMILES string of the molecule is C=CC(=O)N1[C@H](C)CN(c2c(C#N)c(=O)n(-c3c(C)ccnc3C(C)C)c3nc(-c4c(F)c(O)c(Cl)c(F)c4F)c(Cl)cc23)C[C@@H]1C. The molecule has 4 heterocycles. The van der Waals surface area contributed by atoms with Crippen LogP contribution < -0.4 is 10.5 Å². The van der Waals surface area contributed by atoms with Crippen molar-refractivity contribution in [2.75, 3.05) is 18.0 Å². The molecule has 244 valence electrons. The van der Waals surface area contributed by atoms with Gasteiger partial charge in [0, 0.05) is 36.8 Å². The molecule has 1 aliphatic rings. The van der Waals surface area contributed by atoms with Gasteiger partial charge in [-0.25, -0.2) is 18.2 Å². The highest BCUT2D eigenvalue weighted by atomic mass is 35.5. The number of amides is 1. The Morgan fingerprint density at radius 2 is 1.79 bits per heavy atom. The molecule has 14 heteroatoms. The molecule has 1 fully saturated rings. The van der Waals surface area contributed by atoms with Gasteiger partial charge >= 0.3 is 0 Å². The van der Waals surface area contributed by atoms with Gasteiger partial charge in [-0.2, -0.15) is 5.26 Å². The van der Waals surface area contributed by atoms with E-state index in [0.717, 1.165) is 4.57 Å². The number of piperazine rings is 1. The molecule has 0 unspecified atom stereocenters. The number of nitrogens with zero attached hydrogens (tertiary/aromatic N) is 6. The molecule has 1 saturated heterocycles. The Morgan fingerprint density at radius 1 is 1.15 bits per heavy atom. The van der Waals surface area contributed by atoms with Crippen molar-refractivity contribution < 1.29 is 23.1 Å². The fourth-order valence-corrected chi connectivity index (χ4v) is 6.65. The molecule has 3 aromatic heterocycles. The number of nitriles is 1. The van der Waals surface area contributed by atoms with E-state index >= 15 is 8.78 Å². The van der Waals surface area contributed by atoms with Crippen molar-refractivity contribution in [2.24, 2.45) is 0 Å². The standard InChI is InChI=1S/C33H29Cl2F3N6O3/c1-7-21(45)43-16(5)12-42(13-17(43)6)30-18-10-20(34)28(22-24(36)26(38)23(35)31(46)25(22)37)41-32(18)44(33(47)19(30)11-39)29-15(4)8-9-40-27(29)14(2)3/h7-10,14,16-17,46H,1,12-13H2,2-6H3/t16-,17+. The van der Waals surface area contributed by atoms with E-state index in [4.69, 9.17) is 23.2 Å². The van der Waals surface area contributed by atoms with Crippen molar-refractivity contribution in [1.29, 1.82) is 5.26 Å². The van der Waals surface area contributed by atoms with E-state index < -0.39 is 45.0 Å². The van der Waals surface area contributed by atoms with E-state index in [1.165, 1.54) is 12.1 Å². The maximum Gasteiger partial charge on any atom is 0.276 e. The van der Waals surface area contributed by atoms with Crippen molar-refractivity contribution >= 4 is 45.8 Å². The van der Waals surface area contributed by atoms with Gasteiger partial charge in [-0.1, -0.05) is 43.6 Å². The van der Waals surface area contributed by atoms with Crippen LogP contribution in [0.1, 0.15) is 50.4 Å². The predicted octanol–water partition coefficient (Wildman–Crippen LogP) is 6.79. The van der Waals surface area contributed by atoms with E-state index in [0.29, 0.717) is 11.3 Å². The smallest absolute Gasteiger partial charge is 0.276 e. The largest absolute Gasteiger partial charge is 0.504 e. The molecule has 0 spiro atoms. The first-order chi connectivity index (χ1) is 22.2. The van der Waals surface area contributed by atoms with Crippen molar-refractivity contribution in [1.82, 2.24) is 19.4 Å². The van der Waals surface area contributed by atoms with Gasteiger partial charge < -0.3 is 14.9 Å². The number of aromatic nitrogens is 3. The second-order valence-electron chi connectivity index (χ2n) is 11.7. The predicted molar refractivity (Wildman–Crippen MR) is 174 cm³/mol. The number of hydrogen-bond acceptors (Lipinski definition) is 7. The van der Waals surface area contributed by atoms with Crippen molar-refractivity contribution in [3.63, 3.8) is 0 Å². The first kappa shape index (κ1) is 33.8. The molecule has 1 aliphatic heterocycles. The van der Waals surface area contributed by atoms with Crippen LogP contribution in [-0.4, -0.2) is 55.6 Å². The lowest BCUT2D eigenvalue weighted by Crippen LogP contribution is -2.58. The highest BCUT2D eigenvalue weighted by Gasteiger charge is 2.36. The average molecular weight is 686 g/mol. The van der Waals surface area contributed by atoms with Gasteiger partial charge in [0.2, 0.25) is 5.91 Å². The van der Waals surface area contributed by atoms with Gasteiger partial charge in [-0.05, 0) is 50.5 Å². The van der Waals surface area contributed by atoms with E-state index in [1.54, 1.807) is 29.0 Å². The summed E-state index contributed by atoms with van der Waals surface area (Å²) < 4.78 is 46.6. The zero-order valence-corrected chi connectivity index (χ0v) is 27.5. The van der Waals surface area contributed by atoms with Crippen LogP contribution >= 0.6 is 23.2 Å². The number of benzene rings is 1. The summed E-state index contributed by atoms with van der Waals surface area (Å²) in [5, 5.41) is 19.2. The first-order valence-electron chi connectivity index (χ1n) is 14.6. The van der Waals surface area contributed by atoms with E-state index in [9.17, 15) is 24.3 Å². The minimum absolute atomic E-state index is 0.146. The van der Waals surface area contributed by atoms with E-state index in [-0.39, 0.29) is 70.0 Å². The average Bonchev–Trinajstić information content (AvgIpc) is 3.02. The lowest BCUT2D eigenvalue weighted by Gasteiger charge is -2.45. The Labute approximate surface area is 278 Å². The summed E-state index contributed by atoms with van der Waals surface area (Å²) in [4.78, 5) is 39.4.